The molecule has 2 aromatic rings. The molecule has 172 valence electrons. The minimum absolute atomic E-state index is 0.123. The first-order valence-electron chi connectivity index (χ1n) is 9.72. The number of hydrogen-bond acceptors (Lipinski definition) is 4. The summed E-state index contributed by atoms with van der Waals surface area (Å²) < 4.78 is 44.9. The lowest BCUT2D eigenvalue weighted by Crippen LogP contribution is -2.38. The van der Waals surface area contributed by atoms with Gasteiger partial charge >= 0.3 is 6.18 Å². The molecule has 0 unspecified atom stereocenters. The van der Waals surface area contributed by atoms with Crippen molar-refractivity contribution in [1.29, 1.82) is 0 Å². The fraction of sp³-hybridized carbons (Fsp3) is 0.318. The smallest absolute Gasteiger partial charge is 0.418 e. The molecule has 0 fully saturated rings. The fourth-order valence-corrected chi connectivity index (χ4v) is 2.74. The lowest BCUT2D eigenvalue weighted by atomic mass is 10.1. The van der Waals surface area contributed by atoms with E-state index in [2.05, 4.69) is 5.32 Å². The number of halogens is 3. The molecule has 0 heterocycles. The van der Waals surface area contributed by atoms with Gasteiger partial charge in [-0.1, -0.05) is 24.3 Å². The van der Waals surface area contributed by atoms with Crippen LogP contribution >= 0.6 is 0 Å². The quantitative estimate of drug-likeness (QED) is 0.668. The lowest BCUT2D eigenvalue weighted by Gasteiger charge is -2.22. The van der Waals surface area contributed by atoms with E-state index in [-0.39, 0.29) is 36.1 Å². The van der Waals surface area contributed by atoms with Gasteiger partial charge in [0.15, 0.2) is 6.61 Å². The molecule has 7 nitrogen and oxygen atoms in total. The number of rotatable bonds is 8. The van der Waals surface area contributed by atoms with Gasteiger partial charge in [-0.3, -0.25) is 14.4 Å². The molecule has 0 bridgehead atoms. The molecule has 0 spiro atoms. The van der Waals surface area contributed by atoms with E-state index in [4.69, 9.17) is 4.74 Å². The molecule has 1 N–H and O–H groups in total. The van der Waals surface area contributed by atoms with Crippen LogP contribution in [0.15, 0.2) is 48.5 Å². The minimum atomic E-state index is -4.63. The summed E-state index contributed by atoms with van der Waals surface area (Å²) in [4.78, 5) is 39.7. The Kier molecular flexibility index (Phi) is 8.22. The van der Waals surface area contributed by atoms with Crippen LogP contribution < -0.4 is 10.1 Å². The first kappa shape index (κ1) is 24.7. The van der Waals surface area contributed by atoms with Crippen LogP contribution in [-0.4, -0.2) is 61.3 Å². The molecule has 0 radical (unpaired) electrons. The van der Waals surface area contributed by atoms with Gasteiger partial charge in [-0.15, -0.1) is 0 Å². The van der Waals surface area contributed by atoms with Crippen LogP contribution in [-0.2, 0) is 15.8 Å². The number of amides is 3. The summed E-state index contributed by atoms with van der Waals surface area (Å²) in [5.74, 6) is -1.48. The van der Waals surface area contributed by atoms with Gasteiger partial charge in [0.1, 0.15) is 12.3 Å². The summed E-state index contributed by atoms with van der Waals surface area (Å²) in [5, 5.41) is 2.22. The van der Waals surface area contributed by atoms with Crippen LogP contribution in [0.5, 0.6) is 5.75 Å². The Balaban J connectivity index is 2.14. The number of nitrogens with zero attached hydrogens (tertiary/aromatic N) is 2. The van der Waals surface area contributed by atoms with Crippen LogP contribution in [0.3, 0.4) is 0 Å². The molecule has 0 aliphatic rings. The van der Waals surface area contributed by atoms with Crippen molar-refractivity contribution in [3.63, 3.8) is 0 Å². The van der Waals surface area contributed by atoms with Crippen molar-refractivity contribution in [2.24, 2.45) is 0 Å². The van der Waals surface area contributed by atoms with Crippen molar-refractivity contribution >= 4 is 23.4 Å². The number of alkyl halides is 3. The average molecular weight is 451 g/mol. The van der Waals surface area contributed by atoms with E-state index in [0.717, 1.165) is 12.1 Å². The van der Waals surface area contributed by atoms with Crippen LogP contribution in [0.4, 0.5) is 18.9 Å². The Morgan fingerprint density at radius 1 is 1.00 bits per heavy atom. The van der Waals surface area contributed by atoms with Gasteiger partial charge in [0.05, 0.1) is 16.8 Å². The molecule has 2 rings (SSSR count). The molecular formula is C22H24F3N3O4. The Morgan fingerprint density at radius 2 is 1.62 bits per heavy atom. The number of carbonyl (C=O) groups excluding carboxylic acids is 3. The molecule has 0 aliphatic heterocycles. The topological polar surface area (TPSA) is 79.0 Å². The van der Waals surface area contributed by atoms with E-state index in [0.29, 0.717) is 0 Å². The molecule has 0 saturated carbocycles. The number of nitrogens with one attached hydrogen (secondary N) is 1. The second kappa shape index (κ2) is 10.7. The van der Waals surface area contributed by atoms with Crippen molar-refractivity contribution in [1.82, 2.24) is 9.80 Å². The highest BCUT2D eigenvalue weighted by Crippen LogP contribution is 2.34. The maximum Gasteiger partial charge on any atom is 0.418 e. The summed E-state index contributed by atoms with van der Waals surface area (Å²) in [7, 11) is 3.13. The lowest BCUT2D eigenvalue weighted by molar-refractivity contribution is -0.137. The molecule has 3 amide bonds. The van der Waals surface area contributed by atoms with Gasteiger partial charge < -0.3 is 19.9 Å². The Hall–Kier alpha value is -3.56. The third-order valence-electron chi connectivity index (χ3n) is 4.48. The first-order chi connectivity index (χ1) is 15.0. The van der Waals surface area contributed by atoms with Crippen molar-refractivity contribution in [3.8, 4) is 5.75 Å². The standard InChI is InChI=1S/C22H24F3N3O4/c1-4-28(13-19(29)26-17-11-7-6-10-16(17)22(23,24)25)21(31)15-9-5-8-12-18(15)32-14-20(30)27(2)3/h5-12H,4,13-14H2,1-3H3,(H,26,29). The molecule has 10 heteroatoms. The van der Waals surface area contributed by atoms with Crippen molar-refractivity contribution in [2.45, 2.75) is 13.1 Å². The summed E-state index contributed by atoms with van der Waals surface area (Å²) in [6.07, 6.45) is -4.63. The zero-order valence-electron chi connectivity index (χ0n) is 17.9. The number of carbonyl (C=O) groups is 3. The summed E-state index contributed by atoms with van der Waals surface area (Å²) in [5.41, 5.74) is -1.24. The minimum Gasteiger partial charge on any atom is -0.483 e. The van der Waals surface area contributed by atoms with E-state index in [1.54, 1.807) is 33.2 Å². The highest BCUT2D eigenvalue weighted by molar-refractivity contribution is 6.01. The first-order valence-corrected chi connectivity index (χ1v) is 9.72. The SMILES string of the molecule is CCN(CC(=O)Nc1ccccc1C(F)(F)F)C(=O)c1ccccc1OCC(=O)N(C)C. The van der Waals surface area contributed by atoms with E-state index in [1.165, 1.54) is 34.1 Å². The third kappa shape index (κ3) is 6.47. The van der Waals surface area contributed by atoms with Gasteiger partial charge in [-0.05, 0) is 31.2 Å². The second-order valence-electron chi connectivity index (χ2n) is 6.98. The van der Waals surface area contributed by atoms with E-state index in [9.17, 15) is 27.6 Å². The van der Waals surface area contributed by atoms with Crippen LogP contribution in [0, 0.1) is 0 Å². The van der Waals surface area contributed by atoms with Crippen LogP contribution in [0.2, 0.25) is 0 Å². The number of anilines is 1. The fourth-order valence-electron chi connectivity index (χ4n) is 2.74. The van der Waals surface area contributed by atoms with Crippen molar-refractivity contribution in [3.05, 3.63) is 59.7 Å². The molecule has 2 aromatic carbocycles. The Morgan fingerprint density at radius 3 is 2.25 bits per heavy atom. The summed E-state index contributed by atoms with van der Waals surface area (Å²) in [6.45, 7) is 1.01. The van der Waals surface area contributed by atoms with Gasteiger partial charge in [-0.2, -0.15) is 13.2 Å². The van der Waals surface area contributed by atoms with Crippen LogP contribution in [0.1, 0.15) is 22.8 Å². The van der Waals surface area contributed by atoms with E-state index >= 15 is 0 Å². The van der Waals surface area contributed by atoms with Crippen molar-refractivity contribution < 1.29 is 32.3 Å². The number of ether oxygens (including phenoxy) is 1. The number of para-hydroxylation sites is 2. The monoisotopic (exact) mass is 451 g/mol. The molecule has 32 heavy (non-hydrogen) atoms. The molecule has 0 atom stereocenters. The zero-order chi connectivity index (χ0) is 23.9. The Bertz CT molecular complexity index is 977. The number of hydrogen-bond donors (Lipinski definition) is 1. The number of likely N-dealkylation sites (N-methyl/N-ethyl adjacent to an activating group) is 2. The van der Waals surface area contributed by atoms with Crippen molar-refractivity contribution in [2.75, 3.05) is 39.1 Å². The predicted molar refractivity (Wildman–Crippen MR) is 112 cm³/mol. The molecular weight excluding hydrogens is 427 g/mol. The summed E-state index contributed by atoms with van der Waals surface area (Å²) >= 11 is 0. The molecule has 0 aromatic heterocycles. The number of benzene rings is 2. The van der Waals surface area contributed by atoms with Gasteiger partial charge in [0, 0.05) is 20.6 Å². The predicted octanol–water partition coefficient (Wildman–Crippen LogP) is 3.27. The second-order valence-corrected chi connectivity index (χ2v) is 6.98. The van der Waals surface area contributed by atoms with Gasteiger partial charge in [0.25, 0.3) is 11.8 Å². The average Bonchev–Trinajstić information content (AvgIpc) is 2.75. The Labute approximate surface area is 183 Å². The highest BCUT2D eigenvalue weighted by Gasteiger charge is 2.33. The van der Waals surface area contributed by atoms with Gasteiger partial charge in [-0.25, -0.2) is 0 Å². The van der Waals surface area contributed by atoms with E-state index < -0.39 is 30.1 Å². The summed E-state index contributed by atoms with van der Waals surface area (Å²) in [6, 6.07) is 10.8. The highest BCUT2D eigenvalue weighted by atomic mass is 19.4. The van der Waals surface area contributed by atoms with E-state index in [1.807, 2.05) is 0 Å². The zero-order valence-corrected chi connectivity index (χ0v) is 17.9. The maximum atomic E-state index is 13.1. The molecule has 0 saturated heterocycles. The largest absolute Gasteiger partial charge is 0.483 e. The molecule has 0 aliphatic carbocycles. The van der Waals surface area contributed by atoms with Crippen LogP contribution in [0.25, 0.3) is 0 Å². The maximum absolute atomic E-state index is 13.1. The third-order valence-corrected chi connectivity index (χ3v) is 4.48. The normalized spacial score (nSPS) is 10.9. The van der Waals surface area contributed by atoms with Gasteiger partial charge in [0.2, 0.25) is 5.91 Å².